The number of piperidine rings is 1. The van der Waals surface area contributed by atoms with Crippen LogP contribution in [-0.2, 0) is 11.8 Å². The molecule has 5 heteroatoms. The summed E-state index contributed by atoms with van der Waals surface area (Å²) in [6, 6.07) is 0. The molecule has 1 aliphatic heterocycles. The van der Waals surface area contributed by atoms with Crippen molar-refractivity contribution < 1.29 is 9.53 Å². The Hall–Kier alpha value is -1.36. The van der Waals surface area contributed by atoms with E-state index in [1.165, 1.54) is 0 Å². The van der Waals surface area contributed by atoms with Gasteiger partial charge in [0.2, 0.25) is 0 Å². The number of nitrogens with zero attached hydrogens (tertiary/aromatic N) is 3. The first kappa shape index (κ1) is 15.0. The van der Waals surface area contributed by atoms with E-state index in [0.29, 0.717) is 17.5 Å². The van der Waals surface area contributed by atoms with Gasteiger partial charge in [0.15, 0.2) is 0 Å². The average Bonchev–Trinajstić information content (AvgIpc) is 2.78. The summed E-state index contributed by atoms with van der Waals surface area (Å²) in [5.74, 6) is 1.34. The lowest BCUT2D eigenvalue weighted by molar-refractivity contribution is 0.0589. The van der Waals surface area contributed by atoms with Crippen molar-refractivity contribution in [3.8, 4) is 0 Å². The highest BCUT2D eigenvalue weighted by molar-refractivity contribution is 5.93. The fraction of sp³-hybridized carbons (Fsp3) is 0.733. The molecule has 1 aliphatic rings. The molecule has 0 spiro atoms. The molecule has 1 atom stereocenters. The lowest BCUT2D eigenvalue weighted by atomic mass is 9.86. The lowest BCUT2D eigenvalue weighted by Gasteiger charge is -2.34. The number of hydrogen-bond acceptors (Lipinski definition) is 3. The number of likely N-dealkylation sites (tertiary alicyclic amines) is 1. The Morgan fingerprint density at radius 2 is 2.15 bits per heavy atom. The van der Waals surface area contributed by atoms with Crippen LogP contribution in [-0.4, -0.2) is 47.2 Å². The number of aromatic nitrogens is 2. The van der Waals surface area contributed by atoms with Crippen LogP contribution in [0.3, 0.4) is 0 Å². The van der Waals surface area contributed by atoms with Crippen LogP contribution in [0.5, 0.6) is 0 Å². The van der Waals surface area contributed by atoms with Crippen LogP contribution in [0, 0.1) is 18.8 Å². The molecule has 0 aliphatic carbocycles. The molecule has 0 bridgehead atoms. The van der Waals surface area contributed by atoms with Crippen molar-refractivity contribution in [3.63, 3.8) is 0 Å². The molecule has 1 fully saturated rings. The molecular weight excluding hydrogens is 254 g/mol. The fourth-order valence-electron chi connectivity index (χ4n) is 3.07. The van der Waals surface area contributed by atoms with E-state index in [4.69, 9.17) is 4.74 Å². The highest BCUT2D eigenvalue weighted by atomic mass is 16.5. The topological polar surface area (TPSA) is 47.4 Å². The number of aryl methyl sites for hydroxylation is 2. The summed E-state index contributed by atoms with van der Waals surface area (Å²) in [6.45, 7) is 6.60. The van der Waals surface area contributed by atoms with Gasteiger partial charge in [-0.25, -0.2) is 4.98 Å². The van der Waals surface area contributed by atoms with Gasteiger partial charge in [0.25, 0.3) is 5.91 Å². The maximum Gasteiger partial charge on any atom is 0.272 e. The van der Waals surface area contributed by atoms with Crippen LogP contribution in [0.25, 0.3) is 0 Å². The summed E-state index contributed by atoms with van der Waals surface area (Å²) in [4.78, 5) is 18.7. The Morgan fingerprint density at radius 3 is 2.65 bits per heavy atom. The largest absolute Gasteiger partial charge is 0.384 e. The van der Waals surface area contributed by atoms with Crippen molar-refractivity contribution in [2.24, 2.45) is 18.9 Å². The SMILES string of the molecule is COC[C@@H](C)C1CCN(C(=O)c2c(C)ncn2C)CC1. The van der Waals surface area contributed by atoms with Crippen molar-refractivity contribution in [2.45, 2.75) is 26.7 Å². The third-order valence-corrected chi connectivity index (χ3v) is 4.38. The second-order valence-electron chi connectivity index (χ2n) is 5.85. The molecule has 5 nitrogen and oxygen atoms in total. The number of carbonyl (C=O) groups is 1. The van der Waals surface area contributed by atoms with E-state index in [1.54, 1.807) is 13.4 Å². The van der Waals surface area contributed by atoms with Crippen molar-refractivity contribution in [1.82, 2.24) is 14.5 Å². The third kappa shape index (κ3) is 3.03. The van der Waals surface area contributed by atoms with E-state index in [0.717, 1.165) is 38.2 Å². The summed E-state index contributed by atoms with van der Waals surface area (Å²) in [6.07, 6.45) is 3.83. The molecule has 2 rings (SSSR count). The van der Waals surface area contributed by atoms with Crippen LogP contribution in [0.2, 0.25) is 0 Å². The van der Waals surface area contributed by atoms with Gasteiger partial charge in [0, 0.05) is 33.9 Å². The maximum atomic E-state index is 12.5. The smallest absolute Gasteiger partial charge is 0.272 e. The predicted molar refractivity (Wildman–Crippen MR) is 77.6 cm³/mol. The van der Waals surface area contributed by atoms with Crippen molar-refractivity contribution in [3.05, 3.63) is 17.7 Å². The molecule has 1 aromatic rings. The van der Waals surface area contributed by atoms with Gasteiger partial charge in [-0.05, 0) is 31.6 Å². The molecule has 2 heterocycles. The van der Waals surface area contributed by atoms with Crippen LogP contribution in [0.15, 0.2) is 6.33 Å². The van der Waals surface area contributed by atoms with Gasteiger partial charge in [0.05, 0.1) is 12.0 Å². The van der Waals surface area contributed by atoms with E-state index in [2.05, 4.69) is 11.9 Å². The normalized spacial score (nSPS) is 18.3. The lowest BCUT2D eigenvalue weighted by Crippen LogP contribution is -2.41. The highest BCUT2D eigenvalue weighted by Crippen LogP contribution is 2.26. The summed E-state index contributed by atoms with van der Waals surface area (Å²) in [5.41, 5.74) is 1.53. The molecule has 112 valence electrons. The van der Waals surface area contributed by atoms with Gasteiger partial charge in [0.1, 0.15) is 5.69 Å². The van der Waals surface area contributed by atoms with Gasteiger partial charge >= 0.3 is 0 Å². The Morgan fingerprint density at radius 1 is 1.50 bits per heavy atom. The second kappa shape index (κ2) is 6.39. The highest BCUT2D eigenvalue weighted by Gasteiger charge is 2.28. The minimum Gasteiger partial charge on any atom is -0.384 e. The zero-order chi connectivity index (χ0) is 14.7. The summed E-state index contributed by atoms with van der Waals surface area (Å²) < 4.78 is 7.05. The molecule has 1 saturated heterocycles. The van der Waals surface area contributed by atoms with E-state index in [1.807, 2.05) is 23.4 Å². The van der Waals surface area contributed by atoms with Crippen LogP contribution in [0.1, 0.15) is 35.9 Å². The van der Waals surface area contributed by atoms with Crippen LogP contribution < -0.4 is 0 Å². The molecule has 0 saturated carbocycles. The standard InChI is InChI=1S/C15H25N3O2/c1-11(9-20-4)13-5-7-18(8-6-13)15(19)14-12(2)16-10-17(14)3/h10-11,13H,5-9H2,1-4H3/t11-/m1/s1. The molecule has 0 N–H and O–H groups in total. The fourth-order valence-corrected chi connectivity index (χ4v) is 3.07. The minimum atomic E-state index is 0.111. The van der Waals surface area contributed by atoms with E-state index in [-0.39, 0.29) is 5.91 Å². The second-order valence-corrected chi connectivity index (χ2v) is 5.85. The first-order valence-corrected chi connectivity index (χ1v) is 7.30. The predicted octanol–water partition coefficient (Wildman–Crippen LogP) is 1.86. The number of hydrogen-bond donors (Lipinski definition) is 0. The van der Waals surface area contributed by atoms with Gasteiger partial charge in [-0.1, -0.05) is 6.92 Å². The average molecular weight is 279 g/mol. The number of carbonyl (C=O) groups excluding carboxylic acids is 1. The number of methoxy groups -OCH3 is 1. The summed E-state index contributed by atoms with van der Waals surface area (Å²) in [7, 11) is 3.63. The van der Waals surface area contributed by atoms with Crippen molar-refractivity contribution >= 4 is 5.91 Å². The maximum absolute atomic E-state index is 12.5. The van der Waals surface area contributed by atoms with E-state index < -0.39 is 0 Å². The molecule has 0 unspecified atom stereocenters. The Bertz CT molecular complexity index is 442. The molecule has 1 amide bonds. The zero-order valence-corrected chi connectivity index (χ0v) is 12.9. The monoisotopic (exact) mass is 279 g/mol. The third-order valence-electron chi connectivity index (χ3n) is 4.38. The first-order valence-electron chi connectivity index (χ1n) is 7.30. The zero-order valence-electron chi connectivity index (χ0n) is 12.9. The summed E-state index contributed by atoms with van der Waals surface area (Å²) in [5, 5.41) is 0. The van der Waals surface area contributed by atoms with Crippen LogP contribution >= 0.6 is 0 Å². The Balaban J connectivity index is 1.96. The van der Waals surface area contributed by atoms with E-state index in [9.17, 15) is 4.79 Å². The van der Waals surface area contributed by atoms with Crippen LogP contribution in [0.4, 0.5) is 0 Å². The molecule has 20 heavy (non-hydrogen) atoms. The van der Waals surface area contributed by atoms with Gasteiger partial charge in [-0.3, -0.25) is 4.79 Å². The van der Waals surface area contributed by atoms with Crippen molar-refractivity contribution in [1.29, 1.82) is 0 Å². The number of rotatable bonds is 4. The molecule has 0 aromatic carbocycles. The van der Waals surface area contributed by atoms with Crippen molar-refractivity contribution in [2.75, 3.05) is 26.8 Å². The number of imidazole rings is 1. The van der Waals surface area contributed by atoms with Gasteiger partial charge in [-0.15, -0.1) is 0 Å². The number of ether oxygens (including phenoxy) is 1. The first-order chi connectivity index (χ1) is 9.54. The number of amides is 1. The Labute approximate surface area is 120 Å². The Kier molecular flexibility index (Phi) is 4.81. The molecule has 0 radical (unpaired) electrons. The van der Waals surface area contributed by atoms with Gasteiger partial charge < -0.3 is 14.2 Å². The molecule has 1 aromatic heterocycles. The van der Waals surface area contributed by atoms with E-state index >= 15 is 0 Å². The molecular formula is C15H25N3O2. The summed E-state index contributed by atoms with van der Waals surface area (Å²) >= 11 is 0. The minimum absolute atomic E-state index is 0.111. The quantitative estimate of drug-likeness (QED) is 0.845. The van der Waals surface area contributed by atoms with Gasteiger partial charge in [-0.2, -0.15) is 0 Å².